The van der Waals surface area contributed by atoms with E-state index in [0.717, 1.165) is 72.0 Å². The molecular weight excluding hydrogens is 471 g/mol. The summed E-state index contributed by atoms with van der Waals surface area (Å²) in [6, 6.07) is 10.6. The highest BCUT2D eigenvalue weighted by atomic mass is 19.1. The van der Waals surface area contributed by atoms with E-state index in [4.69, 9.17) is 4.74 Å². The van der Waals surface area contributed by atoms with Crippen molar-refractivity contribution in [1.29, 1.82) is 0 Å². The van der Waals surface area contributed by atoms with E-state index in [0.29, 0.717) is 12.5 Å². The van der Waals surface area contributed by atoms with Crippen LogP contribution in [0.3, 0.4) is 0 Å². The predicted octanol–water partition coefficient (Wildman–Crippen LogP) is 4.91. The van der Waals surface area contributed by atoms with Gasteiger partial charge in [0.15, 0.2) is 0 Å². The third-order valence-electron chi connectivity index (χ3n) is 8.10. The molecule has 2 saturated heterocycles. The Balaban J connectivity index is 1.04. The van der Waals surface area contributed by atoms with Gasteiger partial charge in [0, 0.05) is 47.2 Å². The SMILES string of the molecule is COc1ccc2[nH]cc(C3CC(=O)N(CCCN4CCC(c5c[nH]c6ccc(F)cc56)CC4)C3=O)c2c1. The van der Waals surface area contributed by atoms with Crippen molar-refractivity contribution in [1.82, 2.24) is 19.8 Å². The van der Waals surface area contributed by atoms with E-state index in [-0.39, 0.29) is 24.1 Å². The monoisotopic (exact) mass is 502 g/mol. The lowest BCUT2D eigenvalue weighted by molar-refractivity contribution is -0.138. The van der Waals surface area contributed by atoms with Crippen LogP contribution >= 0.6 is 0 Å². The number of nitrogens with zero attached hydrogens (tertiary/aromatic N) is 2. The van der Waals surface area contributed by atoms with Gasteiger partial charge in [-0.15, -0.1) is 0 Å². The van der Waals surface area contributed by atoms with E-state index in [1.54, 1.807) is 19.2 Å². The first-order valence-corrected chi connectivity index (χ1v) is 13.0. The summed E-state index contributed by atoms with van der Waals surface area (Å²) < 4.78 is 19.1. The average molecular weight is 503 g/mol. The first-order valence-electron chi connectivity index (χ1n) is 13.0. The topological polar surface area (TPSA) is 81.4 Å². The van der Waals surface area contributed by atoms with Crippen molar-refractivity contribution in [3.05, 3.63) is 65.7 Å². The Kier molecular flexibility index (Phi) is 6.20. The number of carbonyl (C=O) groups is 2. The first kappa shape index (κ1) is 23.7. The average Bonchev–Trinajstić information content (AvgIpc) is 3.60. The maximum absolute atomic E-state index is 13.8. The van der Waals surface area contributed by atoms with Crippen molar-refractivity contribution < 1.29 is 18.7 Å². The quantitative estimate of drug-likeness (QED) is 0.352. The minimum Gasteiger partial charge on any atom is -0.497 e. The molecule has 2 amide bonds. The van der Waals surface area contributed by atoms with Gasteiger partial charge in [0.2, 0.25) is 11.8 Å². The van der Waals surface area contributed by atoms with Gasteiger partial charge in [-0.05, 0) is 92.3 Å². The molecule has 1 unspecified atom stereocenters. The van der Waals surface area contributed by atoms with E-state index in [1.165, 1.54) is 16.5 Å². The Labute approximate surface area is 214 Å². The predicted molar refractivity (Wildman–Crippen MR) is 140 cm³/mol. The van der Waals surface area contributed by atoms with Gasteiger partial charge >= 0.3 is 0 Å². The molecule has 2 aliphatic heterocycles. The highest BCUT2D eigenvalue weighted by Crippen LogP contribution is 2.36. The summed E-state index contributed by atoms with van der Waals surface area (Å²) in [7, 11) is 1.62. The Morgan fingerprint density at radius 3 is 2.41 bits per heavy atom. The molecule has 2 aromatic heterocycles. The Morgan fingerprint density at radius 1 is 0.946 bits per heavy atom. The number of methoxy groups -OCH3 is 1. The van der Waals surface area contributed by atoms with Gasteiger partial charge in [-0.25, -0.2) is 4.39 Å². The van der Waals surface area contributed by atoms with E-state index in [2.05, 4.69) is 14.9 Å². The number of hydrogen-bond donors (Lipinski definition) is 2. The highest BCUT2D eigenvalue weighted by molar-refractivity contribution is 6.08. The largest absolute Gasteiger partial charge is 0.497 e. The van der Waals surface area contributed by atoms with Crippen LogP contribution in [0, 0.1) is 5.82 Å². The number of halogens is 1. The van der Waals surface area contributed by atoms with Gasteiger partial charge in [-0.1, -0.05) is 0 Å². The minimum absolute atomic E-state index is 0.0995. The van der Waals surface area contributed by atoms with E-state index in [1.807, 2.05) is 30.6 Å². The van der Waals surface area contributed by atoms with Crippen LogP contribution in [-0.2, 0) is 9.59 Å². The molecule has 0 aliphatic carbocycles. The van der Waals surface area contributed by atoms with E-state index < -0.39 is 5.92 Å². The standard InChI is InChI=1S/C29H31FN4O3/c1-37-20-4-6-27-22(14-20)25(17-32-27)23-15-28(35)34(29(23)36)10-2-9-33-11-7-18(8-12-33)24-16-31-26-5-3-19(30)13-21(24)26/h3-6,13-14,16-18,23,31-32H,2,7-12,15H2,1H3. The molecule has 7 nitrogen and oxygen atoms in total. The van der Waals surface area contributed by atoms with Crippen molar-refractivity contribution in [3.8, 4) is 5.75 Å². The fourth-order valence-electron chi connectivity index (χ4n) is 6.07. The molecule has 2 aliphatic rings. The molecule has 4 aromatic rings. The summed E-state index contributed by atoms with van der Waals surface area (Å²) in [5.41, 5.74) is 3.96. The number of H-pyrrole nitrogens is 2. The second-order valence-electron chi connectivity index (χ2n) is 10.2. The minimum atomic E-state index is -0.454. The molecule has 0 spiro atoms. The molecule has 37 heavy (non-hydrogen) atoms. The number of carbonyl (C=O) groups excluding carboxylic acids is 2. The first-order chi connectivity index (χ1) is 18.0. The number of aromatic nitrogens is 2. The lowest BCUT2D eigenvalue weighted by Crippen LogP contribution is -2.37. The lowest BCUT2D eigenvalue weighted by Gasteiger charge is -2.32. The Bertz CT molecular complexity index is 1470. The number of ether oxygens (including phenoxy) is 1. The zero-order valence-corrected chi connectivity index (χ0v) is 20.9. The molecule has 2 fully saturated rings. The van der Waals surface area contributed by atoms with Crippen molar-refractivity contribution >= 4 is 33.6 Å². The molecule has 0 saturated carbocycles. The number of likely N-dealkylation sites (tertiary alicyclic amines) is 2. The van der Waals surface area contributed by atoms with Gasteiger partial charge in [-0.3, -0.25) is 14.5 Å². The number of imide groups is 1. The third-order valence-corrected chi connectivity index (χ3v) is 8.10. The smallest absolute Gasteiger partial charge is 0.237 e. The normalized spacial score (nSPS) is 19.5. The van der Waals surface area contributed by atoms with Crippen LogP contribution in [0.25, 0.3) is 21.8 Å². The molecule has 6 rings (SSSR count). The lowest BCUT2D eigenvalue weighted by atomic mass is 9.89. The fraction of sp³-hybridized carbons (Fsp3) is 0.379. The van der Waals surface area contributed by atoms with Crippen molar-refractivity contribution in [2.24, 2.45) is 0 Å². The molecule has 8 heteroatoms. The van der Waals surface area contributed by atoms with Crippen LogP contribution in [0.1, 0.15) is 48.6 Å². The summed E-state index contributed by atoms with van der Waals surface area (Å²) in [4.78, 5) is 36.3. The van der Waals surface area contributed by atoms with Gasteiger partial charge in [0.1, 0.15) is 11.6 Å². The molecular formula is C29H31FN4O3. The maximum atomic E-state index is 13.8. The molecule has 192 valence electrons. The van der Waals surface area contributed by atoms with Gasteiger partial charge in [0.25, 0.3) is 0 Å². The highest BCUT2D eigenvalue weighted by Gasteiger charge is 2.40. The number of hydrogen-bond acceptors (Lipinski definition) is 4. The molecule has 0 radical (unpaired) electrons. The van der Waals surface area contributed by atoms with Crippen LogP contribution in [0.2, 0.25) is 0 Å². The van der Waals surface area contributed by atoms with Crippen molar-refractivity contribution in [3.63, 3.8) is 0 Å². The number of rotatable bonds is 7. The number of amides is 2. The van der Waals surface area contributed by atoms with E-state index in [9.17, 15) is 14.0 Å². The van der Waals surface area contributed by atoms with Crippen molar-refractivity contribution in [2.75, 3.05) is 33.3 Å². The summed E-state index contributed by atoms with van der Waals surface area (Å²) in [5, 5.41) is 1.90. The summed E-state index contributed by atoms with van der Waals surface area (Å²) in [6.07, 6.45) is 6.85. The van der Waals surface area contributed by atoms with Gasteiger partial charge in [0.05, 0.1) is 13.0 Å². The van der Waals surface area contributed by atoms with Crippen LogP contribution < -0.4 is 4.74 Å². The Hall–Kier alpha value is -3.65. The van der Waals surface area contributed by atoms with Crippen LogP contribution in [-0.4, -0.2) is 64.9 Å². The molecule has 4 heterocycles. The number of nitrogens with one attached hydrogen (secondary N) is 2. The van der Waals surface area contributed by atoms with Crippen molar-refractivity contribution in [2.45, 2.75) is 37.5 Å². The van der Waals surface area contributed by atoms with Gasteiger partial charge in [-0.2, -0.15) is 0 Å². The second kappa shape index (κ2) is 9.67. The van der Waals surface area contributed by atoms with E-state index >= 15 is 0 Å². The second-order valence-corrected chi connectivity index (χ2v) is 10.2. The molecule has 2 aromatic carbocycles. The Morgan fingerprint density at radius 2 is 1.65 bits per heavy atom. The number of benzene rings is 2. The molecule has 0 bridgehead atoms. The summed E-state index contributed by atoms with van der Waals surface area (Å²) in [5.74, 6) is 0.261. The van der Waals surface area contributed by atoms with Gasteiger partial charge < -0.3 is 19.6 Å². The molecule has 2 N–H and O–H groups in total. The maximum Gasteiger partial charge on any atom is 0.237 e. The zero-order chi connectivity index (χ0) is 25.5. The molecule has 1 atom stereocenters. The zero-order valence-electron chi connectivity index (χ0n) is 20.9. The number of piperidine rings is 1. The van der Waals surface area contributed by atoms with Crippen LogP contribution in [0.5, 0.6) is 5.75 Å². The number of fused-ring (bicyclic) bond motifs is 2. The summed E-state index contributed by atoms with van der Waals surface area (Å²) >= 11 is 0. The third kappa shape index (κ3) is 4.39. The van der Waals surface area contributed by atoms with Crippen LogP contribution in [0.4, 0.5) is 4.39 Å². The number of aromatic amines is 2. The summed E-state index contributed by atoms with van der Waals surface area (Å²) in [6.45, 7) is 3.20. The van der Waals surface area contributed by atoms with Crippen LogP contribution in [0.15, 0.2) is 48.8 Å². The fourth-order valence-corrected chi connectivity index (χ4v) is 6.07.